The highest BCUT2D eigenvalue weighted by atomic mass is 32.1. The van der Waals surface area contributed by atoms with Crippen molar-refractivity contribution in [2.75, 3.05) is 32.8 Å². The van der Waals surface area contributed by atoms with Crippen molar-refractivity contribution >= 4 is 17.4 Å². The van der Waals surface area contributed by atoms with Crippen molar-refractivity contribution in [2.45, 2.75) is 12.6 Å². The Labute approximate surface area is 139 Å². The normalized spacial score (nSPS) is 16.9. The minimum absolute atomic E-state index is 0.0291. The minimum Gasteiger partial charge on any atom is -0.468 e. The number of carbonyl (C=O) groups excluding carboxylic acids is 1. The lowest BCUT2D eigenvalue weighted by Gasteiger charge is -2.33. The number of ether oxygens (including phenoxy) is 1. The smallest absolute Gasteiger partial charge is 0.315 e. The quantitative estimate of drug-likeness (QED) is 0.849. The fraction of sp³-hybridized carbons (Fsp3) is 0.438. The largest absolute Gasteiger partial charge is 0.468 e. The molecular formula is C16H21N3O3S. The lowest BCUT2D eigenvalue weighted by molar-refractivity contribution is 0.0123. The van der Waals surface area contributed by atoms with Crippen LogP contribution in [0.5, 0.6) is 0 Å². The highest BCUT2D eigenvalue weighted by Crippen LogP contribution is 2.21. The Morgan fingerprint density at radius 1 is 1.26 bits per heavy atom. The van der Waals surface area contributed by atoms with E-state index in [0.717, 1.165) is 23.7 Å². The van der Waals surface area contributed by atoms with Crippen molar-refractivity contribution in [1.29, 1.82) is 0 Å². The number of nitrogens with zero attached hydrogens (tertiary/aromatic N) is 1. The first kappa shape index (κ1) is 16.0. The van der Waals surface area contributed by atoms with E-state index < -0.39 is 0 Å². The zero-order valence-electron chi connectivity index (χ0n) is 12.9. The molecule has 1 aliphatic rings. The van der Waals surface area contributed by atoms with Crippen molar-refractivity contribution in [3.8, 4) is 0 Å². The van der Waals surface area contributed by atoms with Crippen molar-refractivity contribution < 1.29 is 13.9 Å². The van der Waals surface area contributed by atoms with Crippen molar-refractivity contribution in [3.05, 3.63) is 46.5 Å². The molecule has 6 nitrogen and oxygen atoms in total. The summed E-state index contributed by atoms with van der Waals surface area (Å²) in [5.74, 6) is 0.866. The molecule has 1 aliphatic heterocycles. The van der Waals surface area contributed by atoms with E-state index in [-0.39, 0.29) is 12.1 Å². The van der Waals surface area contributed by atoms with Gasteiger partial charge in [0.05, 0.1) is 32.1 Å². The predicted octanol–water partition coefficient (Wildman–Crippen LogP) is 2.21. The minimum atomic E-state index is -0.164. The number of carbonyl (C=O) groups is 1. The van der Waals surface area contributed by atoms with Gasteiger partial charge < -0.3 is 19.8 Å². The highest BCUT2D eigenvalue weighted by molar-refractivity contribution is 7.09. The number of morpholine rings is 1. The van der Waals surface area contributed by atoms with Gasteiger partial charge in [-0.2, -0.15) is 0 Å². The Balaban J connectivity index is 1.52. The summed E-state index contributed by atoms with van der Waals surface area (Å²) in [6.45, 7) is 4.15. The molecule has 2 aromatic heterocycles. The van der Waals surface area contributed by atoms with Crippen LogP contribution in [0.2, 0.25) is 0 Å². The number of furan rings is 1. The topological polar surface area (TPSA) is 66.7 Å². The van der Waals surface area contributed by atoms with Crippen LogP contribution in [0.15, 0.2) is 40.3 Å². The maximum absolute atomic E-state index is 12.0. The first-order valence-corrected chi connectivity index (χ1v) is 8.60. The molecule has 1 fully saturated rings. The first-order chi connectivity index (χ1) is 11.3. The van der Waals surface area contributed by atoms with Gasteiger partial charge in [-0.05, 0) is 23.6 Å². The molecule has 2 aromatic rings. The van der Waals surface area contributed by atoms with E-state index in [9.17, 15) is 4.79 Å². The molecule has 1 saturated heterocycles. The third kappa shape index (κ3) is 4.57. The molecule has 2 N–H and O–H groups in total. The Kier molecular flexibility index (Phi) is 5.68. The number of urea groups is 1. The maximum Gasteiger partial charge on any atom is 0.315 e. The van der Waals surface area contributed by atoms with Crippen molar-refractivity contribution in [2.24, 2.45) is 0 Å². The van der Waals surface area contributed by atoms with Gasteiger partial charge in [-0.25, -0.2) is 4.79 Å². The van der Waals surface area contributed by atoms with Crippen LogP contribution < -0.4 is 10.6 Å². The van der Waals surface area contributed by atoms with Gasteiger partial charge in [0.25, 0.3) is 0 Å². The molecule has 0 radical (unpaired) electrons. The molecule has 2 amide bonds. The molecule has 3 rings (SSSR count). The average Bonchev–Trinajstić information content (AvgIpc) is 3.28. The summed E-state index contributed by atoms with van der Waals surface area (Å²) >= 11 is 1.63. The van der Waals surface area contributed by atoms with Crippen LogP contribution in [0.3, 0.4) is 0 Å². The highest BCUT2D eigenvalue weighted by Gasteiger charge is 2.25. The fourth-order valence-corrected chi connectivity index (χ4v) is 3.26. The second-order valence-electron chi connectivity index (χ2n) is 5.32. The SMILES string of the molecule is O=C(NCc1cccs1)NC[C@@H](c1ccco1)N1CCOCC1. The summed E-state index contributed by atoms with van der Waals surface area (Å²) < 4.78 is 10.9. The summed E-state index contributed by atoms with van der Waals surface area (Å²) in [6.07, 6.45) is 1.67. The number of hydrogen-bond donors (Lipinski definition) is 2. The van der Waals surface area contributed by atoms with Crippen LogP contribution in [0.25, 0.3) is 0 Å². The van der Waals surface area contributed by atoms with Gasteiger partial charge in [-0.15, -0.1) is 11.3 Å². The average molecular weight is 335 g/mol. The van der Waals surface area contributed by atoms with Gasteiger partial charge in [-0.3, -0.25) is 4.90 Å². The molecule has 0 aliphatic carbocycles. The second kappa shape index (κ2) is 8.14. The molecule has 0 aromatic carbocycles. The lowest BCUT2D eigenvalue weighted by atomic mass is 10.1. The van der Waals surface area contributed by atoms with E-state index in [1.54, 1.807) is 17.6 Å². The zero-order chi connectivity index (χ0) is 15.9. The summed E-state index contributed by atoms with van der Waals surface area (Å²) in [5, 5.41) is 7.82. The lowest BCUT2D eigenvalue weighted by Crippen LogP contribution is -2.45. The molecule has 1 atom stereocenters. The monoisotopic (exact) mass is 335 g/mol. The molecule has 7 heteroatoms. The summed E-state index contributed by atoms with van der Waals surface area (Å²) in [5.41, 5.74) is 0. The van der Waals surface area contributed by atoms with Gasteiger partial charge in [0.15, 0.2) is 0 Å². The molecule has 124 valence electrons. The molecule has 23 heavy (non-hydrogen) atoms. The first-order valence-electron chi connectivity index (χ1n) is 7.72. The van der Waals surface area contributed by atoms with E-state index in [2.05, 4.69) is 15.5 Å². The fourth-order valence-electron chi connectivity index (χ4n) is 2.61. The van der Waals surface area contributed by atoms with Crippen LogP contribution >= 0.6 is 11.3 Å². The molecule has 0 saturated carbocycles. The third-order valence-corrected chi connectivity index (χ3v) is 4.69. The molecule has 0 unspecified atom stereocenters. The van der Waals surface area contributed by atoms with Gasteiger partial charge in [0.1, 0.15) is 5.76 Å². The Morgan fingerprint density at radius 3 is 2.83 bits per heavy atom. The Hall–Kier alpha value is -1.83. The Bertz CT molecular complexity index is 580. The van der Waals surface area contributed by atoms with Crippen LogP contribution in [0.1, 0.15) is 16.7 Å². The van der Waals surface area contributed by atoms with Crippen LogP contribution in [-0.4, -0.2) is 43.8 Å². The predicted molar refractivity (Wildman–Crippen MR) is 88.4 cm³/mol. The number of rotatable bonds is 6. The van der Waals surface area contributed by atoms with E-state index in [0.29, 0.717) is 26.3 Å². The molecular weight excluding hydrogens is 314 g/mol. The van der Waals surface area contributed by atoms with Gasteiger partial charge in [0.2, 0.25) is 0 Å². The van der Waals surface area contributed by atoms with Gasteiger partial charge >= 0.3 is 6.03 Å². The molecule has 0 bridgehead atoms. The van der Waals surface area contributed by atoms with E-state index in [1.807, 2.05) is 29.6 Å². The molecule has 0 spiro atoms. The summed E-state index contributed by atoms with van der Waals surface area (Å²) in [7, 11) is 0. The zero-order valence-corrected chi connectivity index (χ0v) is 13.7. The third-order valence-electron chi connectivity index (χ3n) is 3.82. The van der Waals surface area contributed by atoms with Crippen LogP contribution in [-0.2, 0) is 11.3 Å². The van der Waals surface area contributed by atoms with E-state index >= 15 is 0 Å². The van der Waals surface area contributed by atoms with Crippen molar-refractivity contribution in [3.63, 3.8) is 0 Å². The van der Waals surface area contributed by atoms with Crippen LogP contribution in [0.4, 0.5) is 4.79 Å². The summed E-state index contributed by atoms with van der Waals surface area (Å²) in [6, 6.07) is 7.67. The maximum atomic E-state index is 12.0. The van der Waals surface area contributed by atoms with Crippen LogP contribution in [0, 0.1) is 0 Å². The number of nitrogens with one attached hydrogen (secondary N) is 2. The van der Waals surface area contributed by atoms with Gasteiger partial charge in [-0.1, -0.05) is 6.07 Å². The Morgan fingerprint density at radius 2 is 2.13 bits per heavy atom. The number of amides is 2. The van der Waals surface area contributed by atoms with E-state index in [4.69, 9.17) is 9.15 Å². The van der Waals surface area contributed by atoms with E-state index in [1.165, 1.54) is 0 Å². The standard InChI is InChI=1S/C16H21N3O3S/c20-16(17-11-13-3-2-10-23-13)18-12-14(15-4-1-7-22-15)19-5-8-21-9-6-19/h1-4,7,10,14H,5-6,8-9,11-12H2,(H2,17,18,20)/t14-/m0/s1. The molecule has 3 heterocycles. The second-order valence-corrected chi connectivity index (χ2v) is 6.35. The number of hydrogen-bond acceptors (Lipinski definition) is 5. The summed E-state index contributed by atoms with van der Waals surface area (Å²) in [4.78, 5) is 15.4. The number of thiophene rings is 1. The van der Waals surface area contributed by atoms with Gasteiger partial charge in [0, 0.05) is 24.5 Å². The van der Waals surface area contributed by atoms with Crippen molar-refractivity contribution in [1.82, 2.24) is 15.5 Å².